The molecule has 0 saturated heterocycles. The van der Waals surface area contributed by atoms with Crippen LogP contribution in [0.15, 0.2) is 59.6 Å². The fourth-order valence-corrected chi connectivity index (χ4v) is 3.31. The van der Waals surface area contributed by atoms with Gasteiger partial charge in [0.15, 0.2) is 0 Å². The van der Waals surface area contributed by atoms with Gasteiger partial charge in [-0.25, -0.2) is 23.0 Å². The molecule has 1 amide bonds. The van der Waals surface area contributed by atoms with Crippen LogP contribution in [0.2, 0.25) is 0 Å². The Balaban J connectivity index is 1.81. The number of ether oxygens (including phenoxy) is 1. The van der Waals surface area contributed by atoms with E-state index in [9.17, 15) is 18.0 Å². The first-order valence-electron chi connectivity index (χ1n) is 8.97. The number of rotatable bonds is 6. The molecule has 0 atom stereocenters. The van der Waals surface area contributed by atoms with Gasteiger partial charge in [-0.2, -0.15) is 5.10 Å². The van der Waals surface area contributed by atoms with Gasteiger partial charge >= 0.3 is 5.97 Å². The van der Waals surface area contributed by atoms with Crippen LogP contribution in [-0.4, -0.2) is 36.7 Å². The fourth-order valence-electron chi connectivity index (χ4n) is 2.79. The van der Waals surface area contributed by atoms with E-state index in [1.807, 2.05) is 0 Å². The van der Waals surface area contributed by atoms with Crippen LogP contribution in [0.5, 0.6) is 0 Å². The summed E-state index contributed by atoms with van der Waals surface area (Å²) in [6.07, 6.45) is 1.44. The van der Waals surface area contributed by atoms with Crippen molar-refractivity contribution in [3.8, 4) is 5.69 Å². The molecule has 3 aromatic rings. The molecule has 0 aliphatic carbocycles. The molecule has 0 saturated carbocycles. The summed E-state index contributed by atoms with van der Waals surface area (Å²) in [5.74, 6) is -0.869. The maximum Gasteiger partial charge on any atom is 0.341 e. The van der Waals surface area contributed by atoms with Crippen LogP contribution in [0.3, 0.4) is 0 Å². The number of sulfonamides is 1. The van der Waals surface area contributed by atoms with Crippen LogP contribution >= 0.6 is 0 Å². The molecule has 0 spiro atoms. The van der Waals surface area contributed by atoms with E-state index in [1.54, 1.807) is 42.8 Å². The molecule has 0 unspecified atom stereocenters. The molecular formula is C20H20N4O5S. The van der Waals surface area contributed by atoms with Crippen LogP contribution < -0.4 is 10.5 Å². The van der Waals surface area contributed by atoms with E-state index >= 15 is 0 Å². The van der Waals surface area contributed by atoms with Crippen molar-refractivity contribution in [2.75, 3.05) is 11.9 Å². The van der Waals surface area contributed by atoms with Gasteiger partial charge in [-0.1, -0.05) is 6.07 Å². The van der Waals surface area contributed by atoms with Crippen molar-refractivity contribution in [3.63, 3.8) is 0 Å². The minimum Gasteiger partial charge on any atom is -0.462 e. The average Bonchev–Trinajstić information content (AvgIpc) is 3.09. The largest absolute Gasteiger partial charge is 0.462 e. The number of anilines is 1. The summed E-state index contributed by atoms with van der Waals surface area (Å²) >= 11 is 0. The molecule has 0 aliphatic rings. The minimum absolute atomic E-state index is 0.0763. The summed E-state index contributed by atoms with van der Waals surface area (Å²) < 4.78 is 29.2. The number of esters is 1. The Labute approximate surface area is 173 Å². The zero-order valence-electron chi connectivity index (χ0n) is 16.3. The quantitative estimate of drug-likeness (QED) is 0.579. The standard InChI is InChI=1S/C20H20N4O5S/c1-3-29-20(26)18-12-22-24(13(18)2)16-6-4-5-15(11-16)23-19(25)14-7-9-17(10-8-14)30(21,27)28/h4-12H,3H2,1-2H3,(H,23,25)(H2,21,27,28). The first kappa shape index (κ1) is 21.2. The average molecular weight is 428 g/mol. The third-order valence-corrected chi connectivity index (χ3v) is 5.23. The van der Waals surface area contributed by atoms with Crippen LogP contribution in [-0.2, 0) is 14.8 Å². The monoisotopic (exact) mass is 428 g/mol. The summed E-state index contributed by atoms with van der Waals surface area (Å²) in [5.41, 5.74) is 2.38. The number of carbonyl (C=O) groups is 2. The van der Waals surface area contributed by atoms with Gasteiger partial charge in [0.1, 0.15) is 5.56 Å². The van der Waals surface area contributed by atoms with E-state index in [0.29, 0.717) is 22.6 Å². The highest BCUT2D eigenvalue weighted by Gasteiger charge is 2.16. The number of nitrogens with two attached hydrogens (primary N) is 1. The number of nitrogens with zero attached hydrogens (tertiary/aromatic N) is 2. The van der Waals surface area contributed by atoms with Crippen molar-refractivity contribution in [2.45, 2.75) is 18.7 Å². The number of nitrogens with one attached hydrogen (secondary N) is 1. The van der Waals surface area contributed by atoms with Crippen LogP contribution in [0.4, 0.5) is 5.69 Å². The van der Waals surface area contributed by atoms with Gasteiger partial charge in [-0.05, 0) is 56.3 Å². The molecule has 3 N–H and O–H groups in total. The van der Waals surface area contributed by atoms with Gasteiger partial charge in [-0.15, -0.1) is 0 Å². The summed E-state index contributed by atoms with van der Waals surface area (Å²) in [6.45, 7) is 3.74. The second-order valence-corrected chi connectivity index (χ2v) is 7.91. The molecule has 0 bridgehead atoms. The third kappa shape index (κ3) is 4.56. The van der Waals surface area contributed by atoms with E-state index in [2.05, 4.69) is 10.4 Å². The van der Waals surface area contributed by atoms with Gasteiger partial charge in [0.2, 0.25) is 10.0 Å². The number of carbonyl (C=O) groups excluding carboxylic acids is 2. The predicted molar refractivity (Wildman–Crippen MR) is 110 cm³/mol. The highest BCUT2D eigenvalue weighted by atomic mass is 32.2. The summed E-state index contributed by atoms with van der Waals surface area (Å²) in [4.78, 5) is 24.4. The molecule has 2 aromatic carbocycles. The molecule has 0 radical (unpaired) electrons. The number of aromatic nitrogens is 2. The van der Waals surface area contributed by atoms with E-state index in [-0.39, 0.29) is 17.1 Å². The first-order valence-corrected chi connectivity index (χ1v) is 10.5. The van der Waals surface area contributed by atoms with E-state index in [4.69, 9.17) is 9.88 Å². The maximum absolute atomic E-state index is 12.5. The number of amides is 1. The van der Waals surface area contributed by atoms with Crippen molar-refractivity contribution >= 4 is 27.6 Å². The van der Waals surface area contributed by atoms with Gasteiger partial charge in [0.05, 0.1) is 29.1 Å². The van der Waals surface area contributed by atoms with Gasteiger partial charge < -0.3 is 10.1 Å². The van der Waals surface area contributed by atoms with Crippen LogP contribution in [0.25, 0.3) is 5.69 Å². The van der Waals surface area contributed by atoms with E-state index in [0.717, 1.165) is 0 Å². The van der Waals surface area contributed by atoms with Crippen molar-refractivity contribution in [2.24, 2.45) is 5.14 Å². The molecule has 3 rings (SSSR count). The molecule has 1 heterocycles. The lowest BCUT2D eigenvalue weighted by molar-refractivity contribution is 0.0525. The first-order chi connectivity index (χ1) is 14.2. The SMILES string of the molecule is CCOC(=O)c1cnn(-c2cccc(NC(=O)c3ccc(S(N)(=O)=O)cc3)c2)c1C. The normalized spacial score (nSPS) is 11.2. The molecule has 0 fully saturated rings. The topological polar surface area (TPSA) is 133 Å². The number of benzene rings is 2. The van der Waals surface area contributed by atoms with Gasteiger partial charge in [0.25, 0.3) is 5.91 Å². The smallest absolute Gasteiger partial charge is 0.341 e. The Hall–Kier alpha value is -3.50. The Morgan fingerprint density at radius 1 is 1.17 bits per heavy atom. The molecule has 0 aliphatic heterocycles. The molecule has 156 valence electrons. The lowest BCUT2D eigenvalue weighted by Gasteiger charge is -2.10. The molecule has 10 heteroatoms. The Kier molecular flexibility index (Phi) is 5.99. The third-order valence-electron chi connectivity index (χ3n) is 4.30. The van der Waals surface area contributed by atoms with E-state index in [1.165, 1.54) is 30.5 Å². The van der Waals surface area contributed by atoms with Crippen LogP contribution in [0, 0.1) is 6.92 Å². The van der Waals surface area contributed by atoms with Crippen molar-refractivity contribution in [1.82, 2.24) is 9.78 Å². The lowest BCUT2D eigenvalue weighted by Crippen LogP contribution is -2.14. The zero-order chi connectivity index (χ0) is 21.9. The van der Waals surface area contributed by atoms with Crippen molar-refractivity contribution in [3.05, 3.63) is 71.5 Å². The lowest BCUT2D eigenvalue weighted by atomic mass is 10.2. The van der Waals surface area contributed by atoms with Crippen molar-refractivity contribution < 1.29 is 22.7 Å². The summed E-state index contributed by atoms with van der Waals surface area (Å²) in [6, 6.07) is 12.2. The Bertz CT molecular complexity index is 1200. The van der Waals surface area contributed by atoms with Crippen LogP contribution in [0.1, 0.15) is 33.3 Å². The summed E-state index contributed by atoms with van der Waals surface area (Å²) in [5, 5.41) is 12.0. The maximum atomic E-state index is 12.5. The number of hydrogen-bond acceptors (Lipinski definition) is 6. The van der Waals surface area contributed by atoms with Crippen molar-refractivity contribution in [1.29, 1.82) is 0 Å². The summed E-state index contributed by atoms with van der Waals surface area (Å²) in [7, 11) is -3.83. The molecular weight excluding hydrogens is 408 g/mol. The Morgan fingerprint density at radius 2 is 1.87 bits per heavy atom. The molecule has 1 aromatic heterocycles. The minimum atomic E-state index is -3.83. The van der Waals surface area contributed by atoms with E-state index < -0.39 is 21.9 Å². The predicted octanol–water partition coefficient (Wildman–Crippen LogP) is 2.26. The molecule has 9 nitrogen and oxygen atoms in total. The number of hydrogen-bond donors (Lipinski definition) is 2. The zero-order valence-corrected chi connectivity index (χ0v) is 17.1. The fraction of sp³-hybridized carbons (Fsp3) is 0.150. The highest BCUT2D eigenvalue weighted by molar-refractivity contribution is 7.89. The second-order valence-electron chi connectivity index (χ2n) is 6.35. The van der Waals surface area contributed by atoms with Gasteiger partial charge in [0, 0.05) is 11.3 Å². The highest BCUT2D eigenvalue weighted by Crippen LogP contribution is 2.19. The molecule has 30 heavy (non-hydrogen) atoms. The van der Waals surface area contributed by atoms with Gasteiger partial charge in [-0.3, -0.25) is 4.79 Å². The number of primary sulfonamides is 1. The Morgan fingerprint density at radius 3 is 2.50 bits per heavy atom. The second kappa shape index (κ2) is 8.47.